The Labute approximate surface area is 115 Å². The third-order valence-corrected chi connectivity index (χ3v) is 4.20. The van der Waals surface area contributed by atoms with Crippen molar-refractivity contribution in [2.24, 2.45) is 0 Å². The van der Waals surface area contributed by atoms with Crippen molar-refractivity contribution in [3.8, 4) is 0 Å². The molecule has 0 radical (unpaired) electrons. The summed E-state index contributed by atoms with van der Waals surface area (Å²) in [5, 5.41) is 0. The molecule has 0 heteroatoms. The molecule has 0 aliphatic heterocycles. The number of hydrogen-bond donors (Lipinski definition) is 0. The molecule has 0 aromatic rings. The molecule has 0 heterocycles. The quantitative estimate of drug-likeness (QED) is 0.270. The summed E-state index contributed by atoms with van der Waals surface area (Å²) in [6.07, 6.45) is 20.1. The molecule has 18 heavy (non-hydrogen) atoms. The van der Waals surface area contributed by atoms with Gasteiger partial charge in [-0.3, -0.25) is 0 Å². The van der Waals surface area contributed by atoms with Crippen LogP contribution in [0.2, 0.25) is 0 Å². The van der Waals surface area contributed by atoms with Crippen LogP contribution in [-0.4, -0.2) is 0 Å². The highest BCUT2D eigenvalue weighted by Gasteiger charge is 2.15. The van der Waals surface area contributed by atoms with Crippen LogP contribution < -0.4 is 0 Å². The molecule has 104 valence electrons. The standard InChI is InChI=1S/C18H32/c1-3-5-7-8-9-10-11-12-14-18-16-15-17(18)13-6-4-2/h3H,1,4-16H2,2H3. The monoisotopic (exact) mass is 248 g/mol. The second kappa shape index (κ2) is 10.4. The Morgan fingerprint density at radius 1 is 0.833 bits per heavy atom. The molecule has 0 aromatic heterocycles. The van der Waals surface area contributed by atoms with Crippen molar-refractivity contribution in [3.63, 3.8) is 0 Å². The number of allylic oxidation sites excluding steroid dienone is 3. The van der Waals surface area contributed by atoms with Gasteiger partial charge in [0.05, 0.1) is 0 Å². The van der Waals surface area contributed by atoms with E-state index in [0.29, 0.717) is 0 Å². The maximum atomic E-state index is 3.77. The van der Waals surface area contributed by atoms with Gasteiger partial charge < -0.3 is 0 Å². The minimum Gasteiger partial charge on any atom is -0.103 e. The van der Waals surface area contributed by atoms with Crippen LogP contribution in [0.5, 0.6) is 0 Å². The zero-order chi connectivity index (χ0) is 13.1. The van der Waals surface area contributed by atoms with Crippen molar-refractivity contribution >= 4 is 0 Å². The van der Waals surface area contributed by atoms with Gasteiger partial charge in [-0.15, -0.1) is 6.58 Å². The number of hydrogen-bond acceptors (Lipinski definition) is 0. The summed E-state index contributed by atoms with van der Waals surface area (Å²) < 4.78 is 0. The van der Waals surface area contributed by atoms with Crippen molar-refractivity contribution in [1.82, 2.24) is 0 Å². The van der Waals surface area contributed by atoms with Gasteiger partial charge in [0, 0.05) is 0 Å². The molecule has 1 aliphatic carbocycles. The third kappa shape index (κ3) is 6.42. The van der Waals surface area contributed by atoms with Gasteiger partial charge >= 0.3 is 0 Å². The largest absolute Gasteiger partial charge is 0.103 e. The number of unbranched alkanes of at least 4 members (excludes halogenated alkanes) is 7. The molecule has 0 atom stereocenters. The van der Waals surface area contributed by atoms with Crippen LogP contribution in [0, 0.1) is 0 Å². The Hall–Kier alpha value is -0.520. The maximum absolute atomic E-state index is 3.77. The summed E-state index contributed by atoms with van der Waals surface area (Å²) in [5.74, 6) is 0. The predicted molar refractivity (Wildman–Crippen MR) is 82.9 cm³/mol. The van der Waals surface area contributed by atoms with E-state index in [0.717, 1.165) is 0 Å². The van der Waals surface area contributed by atoms with Crippen molar-refractivity contribution in [2.75, 3.05) is 0 Å². The normalized spacial score (nSPS) is 14.7. The molecule has 0 unspecified atom stereocenters. The lowest BCUT2D eigenvalue weighted by Gasteiger charge is -2.24. The Balaban J connectivity index is 1.93. The van der Waals surface area contributed by atoms with Crippen LogP contribution in [-0.2, 0) is 0 Å². The Morgan fingerprint density at radius 3 is 1.94 bits per heavy atom. The summed E-state index contributed by atoms with van der Waals surface area (Å²) >= 11 is 0. The maximum Gasteiger partial charge on any atom is -0.0280 e. The van der Waals surface area contributed by atoms with Crippen LogP contribution in [0.3, 0.4) is 0 Å². The Bertz CT molecular complexity index is 247. The number of rotatable bonds is 12. The van der Waals surface area contributed by atoms with Crippen LogP contribution in [0.25, 0.3) is 0 Å². The zero-order valence-corrected chi connectivity index (χ0v) is 12.5. The first-order valence-electron chi connectivity index (χ1n) is 8.19. The summed E-state index contributed by atoms with van der Waals surface area (Å²) in [6.45, 7) is 6.06. The molecule has 0 bridgehead atoms. The molecule has 0 aromatic carbocycles. The van der Waals surface area contributed by atoms with Gasteiger partial charge in [0.15, 0.2) is 0 Å². The summed E-state index contributed by atoms with van der Waals surface area (Å²) in [4.78, 5) is 0. The van der Waals surface area contributed by atoms with E-state index in [-0.39, 0.29) is 0 Å². The lowest BCUT2D eigenvalue weighted by atomic mass is 9.82. The van der Waals surface area contributed by atoms with E-state index in [1.54, 1.807) is 0 Å². The second-order valence-electron chi connectivity index (χ2n) is 5.76. The molecule has 0 fully saturated rings. The third-order valence-electron chi connectivity index (χ3n) is 4.20. The minimum atomic E-state index is 1.20. The highest BCUT2D eigenvalue weighted by atomic mass is 14.2. The highest BCUT2D eigenvalue weighted by Crippen LogP contribution is 2.35. The van der Waals surface area contributed by atoms with Crippen molar-refractivity contribution in [3.05, 3.63) is 23.8 Å². The molecule has 0 nitrogen and oxygen atoms in total. The lowest BCUT2D eigenvalue weighted by Crippen LogP contribution is -2.04. The van der Waals surface area contributed by atoms with E-state index in [9.17, 15) is 0 Å². The summed E-state index contributed by atoms with van der Waals surface area (Å²) in [7, 11) is 0. The van der Waals surface area contributed by atoms with Crippen LogP contribution in [0.15, 0.2) is 23.8 Å². The van der Waals surface area contributed by atoms with Crippen molar-refractivity contribution in [2.45, 2.75) is 90.4 Å². The van der Waals surface area contributed by atoms with Gasteiger partial charge in [-0.05, 0) is 51.4 Å². The van der Waals surface area contributed by atoms with Crippen molar-refractivity contribution in [1.29, 1.82) is 0 Å². The first-order valence-corrected chi connectivity index (χ1v) is 8.19. The van der Waals surface area contributed by atoms with Crippen LogP contribution in [0.1, 0.15) is 90.4 Å². The SMILES string of the molecule is C=CCCCCCCCCC1=C(CCCC)CC1. The van der Waals surface area contributed by atoms with E-state index in [4.69, 9.17) is 0 Å². The molecule has 0 saturated heterocycles. The molecular formula is C18H32. The molecular weight excluding hydrogens is 216 g/mol. The molecule has 0 spiro atoms. The van der Waals surface area contributed by atoms with Gasteiger partial charge in [-0.25, -0.2) is 0 Å². The molecule has 0 N–H and O–H groups in total. The van der Waals surface area contributed by atoms with Crippen LogP contribution in [0.4, 0.5) is 0 Å². The average Bonchev–Trinajstić information content (AvgIpc) is 2.36. The fraction of sp³-hybridized carbons (Fsp3) is 0.778. The summed E-state index contributed by atoms with van der Waals surface area (Å²) in [6, 6.07) is 0. The first kappa shape index (κ1) is 15.5. The van der Waals surface area contributed by atoms with E-state index < -0.39 is 0 Å². The van der Waals surface area contributed by atoms with E-state index in [1.165, 1.54) is 83.5 Å². The van der Waals surface area contributed by atoms with Crippen LogP contribution >= 0.6 is 0 Å². The topological polar surface area (TPSA) is 0 Å². The van der Waals surface area contributed by atoms with Gasteiger partial charge in [0.25, 0.3) is 0 Å². The fourth-order valence-corrected chi connectivity index (χ4v) is 2.81. The minimum absolute atomic E-state index is 1.20. The highest BCUT2D eigenvalue weighted by molar-refractivity contribution is 5.24. The van der Waals surface area contributed by atoms with E-state index in [1.807, 2.05) is 17.2 Å². The Kier molecular flexibility index (Phi) is 8.98. The lowest BCUT2D eigenvalue weighted by molar-refractivity contribution is 0.575. The molecule has 1 aliphatic rings. The molecule has 0 saturated carbocycles. The smallest absolute Gasteiger partial charge is 0.0280 e. The fourth-order valence-electron chi connectivity index (χ4n) is 2.81. The van der Waals surface area contributed by atoms with Gasteiger partial charge in [-0.2, -0.15) is 0 Å². The zero-order valence-electron chi connectivity index (χ0n) is 12.5. The van der Waals surface area contributed by atoms with E-state index in [2.05, 4.69) is 13.5 Å². The van der Waals surface area contributed by atoms with Gasteiger partial charge in [-0.1, -0.05) is 56.3 Å². The van der Waals surface area contributed by atoms with Gasteiger partial charge in [0.1, 0.15) is 0 Å². The molecule has 1 rings (SSSR count). The van der Waals surface area contributed by atoms with Crippen molar-refractivity contribution < 1.29 is 0 Å². The summed E-state index contributed by atoms with van der Waals surface area (Å²) in [5.41, 5.74) is 3.65. The Morgan fingerprint density at radius 2 is 1.39 bits per heavy atom. The molecule has 0 amide bonds. The average molecular weight is 248 g/mol. The first-order chi connectivity index (χ1) is 8.88. The van der Waals surface area contributed by atoms with Gasteiger partial charge in [0.2, 0.25) is 0 Å². The second-order valence-corrected chi connectivity index (χ2v) is 5.76. The predicted octanol–water partition coefficient (Wildman–Crippen LogP) is 6.57. The van der Waals surface area contributed by atoms with E-state index >= 15 is 0 Å².